The van der Waals surface area contributed by atoms with Crippen LogP contribution in [0.15, 0.2) is 0 Å². The van der Waals surface area contributed by atoms with E-state index >= 15 is 0 Å². The molecule has 0 aliphatic carbocycles. The Hall–Kier alpha value is -0.120. The van der Waals surface area contributed by atoms with Crippen molar-refractivity contribution in [2.75, 3.05) is 33.2 Å². The molecular formula is C10H23N3. The number of rotatable bonds is 3. The molecule has 1 unspecified atom stereocenters. The monoisotopic (exact) mass is 185 g/mol. The molecule has 1 saturated heterocycles. The molecule has 2 N–H and O–H groups in total. The van der Waals surface area contributed by atoms with Crippen LogP contribution in [0.3, 0.4) is 0 Å². The van der Waals surface area contributed by atoms with E-state index in [0.717, 1.165) is 13.1 Å². The first-order valence-corrected chi connectivity index (χ1v) is 5.22. The van der Waals surface area contributed by atoms with Crippen molar-refractivity contribution in [2.45, 2.75) is 32.4 Å². The number of nitrogens with one attached hydrogen (secondary N) is 2. The summed E-state index contributed by atoms with van der Waals surface area (Å²) in [6.07, 6.45) is 0. The SMILES string of the molecule is CNC(C)C(C)(C)N1CCNCC1. The van der Waals surface area contributed by atoms with Crippen molar-refractivity contribution in [3.05, 3.63) is 0 Å². The Morgan fingerprint density at radius 1 is 1.31 bits per heavy atom. The number of hydrogen-bond acceptors (Lipinski definition) is 3. The smallest absolute Gasteiger partial charge is 0.0304 e. The first-order chi connectivity index (χ1) is 6.09. The van der Waals surface area contributed by atoms with Crippen LogP contribution in [0.4, 0.5) is 0 Å². The Morgan fingerprint density at radius 2 is 1.85 bits per heavy atom. The standard InChI is InChI=1S/C10H23N3/c1-9(11-4)10(2,3)13-7-5-12-6-8-13/h9,11-12H,5-8H2,1-4H3. The lowest BCUT2D eigenvalue weighted by molar-refractivity contribution is 0.0759. The Bertz CT molecular complexity index is 150. The average Bonchev–Trinajstić information content (AvgIpc) is 2.18. The third-order valence-corrected chi connectivity index (χ3v) is 3.42. The summed E-state index contributed by atoms with van der Waals surface area (Å²) in [4.78, 5) is 2.56. The predicted octanol–water partition coefficient (Wildman–Crippen LogP) is 0.278. The summed E-state index contributed by atoms with van der Waals surface area (Å²) in [5.74, 6) is 0. The van der Waals surface area contributed by atoms with Gasteiger partial charge in [0.25, 0.3) is 0 Å². The molecule has 0 aromatic carbocycles. The maximum Gasteiger partial charge on any atom is 0.0304 e. The van der Waals surface area contributed by atoms with Gasteiger partial charge in [-0.2, -0.15) is 0 Å². The summed E-state index contributed by atoms with van der Waals surface area (Å²) in [5.41, 5.74) is 0.261. The number of likely N-dealkylation sites (N-methyl/N-ethyl adjacent to an activating group) is 1. The molecule has 0 bridgehead atoms. The molecule has 1 atom stereocenters. The van der Waals surface area contributed by atoms with Gasteiger partial charge in [-0.05, 0) is 27.8 Å². The summed E-state index contributed by atoms with van der Waals surface area (Å²) in [7, 11) is 2.04. The molecule has 0 radical (unpaired) electrons. The van der Waals surface area contributed by atoms with E-state index in [4.69, 9.17) is 0 Å². The highest BCUT2D eigenvalue weighted by molar-refractivity contribution is 4.92. The fourth-order valence-corrected chi connectivity index (χ4v) is 1.87. The van der Waals surface area contributed by atoms with Crippen molar-refractivity contribution in [1.82, 2.24) is 15.5 Å². The quantitative estimate of drug-likeness (QED) is 0.661. The van der Waals surface area contributed by atoms with E-state index in [-0.39, 0.29) is 5.54 Å². The topological polar surface area (TPSA) is 27.3 Å². The third kappa shape index (κ3) is 2.42. The Labute approximate surface area is 81.9 Å². The molecule has 78 valence electrons. The summed E-state index contributed by atoms with van der Waals surface area (Å²) in [6, 6.07) is 0.533. The predicted molar refractivity (Wildman–Crippen MR) is 57.0 cm³/mol. The molecular weight excluding hydrogens is 162 g/mol. The lowest BCUT2D eigenvalue weighted by Crippen LogP contribution is -2.60. The number of nitrogens with zero attached hydrogens (tertiary/aromatic N) is 1. The normalized spacial score (nSPS) is 23.1. The molecule has 3 nitrogen and oxygen atoms in total. The zero-order chi connectivity index (χ0) is 9.90. The third-order valence-electron chi connectivity index (χ3n) is 3.42. The van der Waals surface area contributed by atoms with Gasteiger partial charge in [0.15, 0.2) is 0 Å². The van der Waals surface area contributed by atoms with E-state index in [9.17, 15) is 0 Å². The first-order valence-electron chi connectivity index (χ1n) is 5.22. The van der Waals surface area contributed by atoms with Gasteiger partial charge in [-0.25, -0.2) is 0 Å². The van der Waals surface area contributed by atoms with Gasteiger partial charge in [0.2, 0.25) is 0 Å². The molecule has 1 rings (SSSR count). The van der Waals surface area contributed by atoms with Gasteiger partial charge in [0.05, 0.1) is 0 Å². The second-order valence-corrected chi connectivity index (χ2v) is 4.40. The van der Waals surface area contributed by atoms with Gasteiger partial charge in [-0.1, -0.05) is 0 Å². The molecule has 1 heterocycles. The van der Waals surface area contributed by atoms with Crippen LogP contribution < -0.4 is 10.6 Å². The molecule has 1 fully saturated rings. The van der Waals surface area contributed by atoms with E-state index in [1.165, 1.54) is 13.1 Å². The minimum Gasteiger partial charge on any atom is -0.315 e. The maximum absolute atomic E-state index is 3.38. The molecule has 1 aliphatic heterocycles. The molecule has 0 aromatic rings. The van der Waals surface area contributed by atoms with Gasteiger partial charge in [-0.15, -0.1) is 0 Å². The highest BCUT2D eigenvalue weighted by Gasteiger charge is 2.32. The van der Waals surface area contributed by atoms with Crippen molar-refractivity contribution in [1.29, 1.82) is 0 Å². The van der Waals surface area contributed by atoms with Crippen LogP contribution in [0, 0.1) is 0 Å². The van der Waals surface area contributed by atoms with Crippen LogP contribution in [0.1, 0.15) is 20.8 Å². The number of piperazine rings is 1. The largest absolute Gasteiger partial charge is 0.315 e. The van der Waals surface area contributed by atoms with Crippen molar-refractivity contribution >= 4 is 0 Å². The van der Waals surface area contributed by atoms with Crippen molar-refractivity contribution < 1.29 is 0 Å². The second-order valence-electron chi connectivity index (χ2n) is 4.40. The second kappa shape index (κ2) is 4.40. The van der Waals surface area contributed by atoms with E-state index in [1.807, 2.05) is 7.05 Å². The molecule has 1 aliphatic rings. The average molecular weight is 185 g/mol. The van der Waals surface area contributed by atoms with Crippen LogP contribution in [-0.2, 0) is 0 Å². The Kier molecular flexibility index (Phi) is 3.71. The lowest BCUT2D eigenvalue weighted by atomic mass is 9.93. The van der Waals surface area contributed by atoms with E-state index in [2.05, 4.69) is 36.3 Å². The first kappa shape index (κ1) is 11.0. The zero-order valence-corrected chi connectivity index (χ0v) is 9.35. The van der Waals surface area contributed by atoms with E-state index in [1.54, 1.807) is 0 Å². The van der Waals surface area contributed by atoms with Gasteiger partial charge in [0, 0.05) is 37.8 Å². The molecule has 0 aromatic heterocycles. The minimum absolute atomic E-state index is 0.261. The highest BCUT2D eigenvalue weighted by Crippen LogP contribution is 2.18. The highest BCUT2D eigenvalue weighted by atomic mass is 15.3. The van der Waals surface area contributed by atoms with Crippen LogP contribution in [0.5, 0.6) is 0 Å². The van der Waals surface area contributed by atoms with Gasteiger partial charge >= 0.3 is 0 Å². The molecule has 0 spiro atoms. The summed E-state index contributed by atoms with van der Waals surface area (Å²) in [6.45, 7) is 11.5. The fraction of sp³-hybridized carbons (Fsp3) is 1.00. The van der Waals surface area contributed by atoms with Crippen molar-refractivity contribution in [3.8, 4) is 0 Å². The van der Waals surface area contributed by atoms with Crippen molar-refractivity contribution in [2.24, 2.45) is 0 Å². The van der Waals surface area contributed by atoms with Gasteiger partial charge in [0.1, 0.15) is 0 Å². The summed E-state index contributed by atoms with van der Waals surface area (Å²) < 4.78 is 0. The van der Waals surface area contributed by atoms with Crippen LogP contribution in [0.2, 0.25) is 0 Å². The maximum atomic E-state index is 3.38. The van der Waals surface area contributed by atoms with Crippen molar-refractivity contribution in [3.63, 3.8) is 0 Å². The van der Waals surface area contributed by atoms with E-state index < -0.39 is 0 Å². The molecule has 0 saturated carbocycles. The fourth-order valence-electron chi connectivity index (χ4n) is 1.87. The minimum atomic E-state index is 0.261. The van der Waals surface area contributed by atoms with Gasteiger partial charge in [-0.3, -0.25) is 4.90 Å². The molecule has 3 heteroatoms. The lowest BCUT2D eigenvalue weighted by Gasteiger charge is -2.44. The van der Waals surface area contributed by atoms with E-state index in [0.29, 0.717) is 6.04 Å². The zero-order valence-electron chi connectivity index (χ0n) is 9.35. The molecule has 13 heavy (non-hydrogen) atoms. The number of hydrogen-bond donors (Lipinski definition) is 2. The summed E-state index contributed by atoms with van der Waals surface area (Å²) >= 11 is 0. The van der Waals surface area contributed by atoms with Crippen LogP contribution in [-0.4, -0.2) is 49.7 Å². The van der Waals surface area contributed by atoms with Crippen LogP contribution in [0.25, 0.3) is 0 Å². The molecule has 0 amide bonds. The van der Waals surface area contributed by atoms with Gasteiger partial charge < -0.3 is 10.6 Å². The van der Waals surface area contributed by atoms with Crippen LogP contribution >= 0.6 is 0 Å². The summed E-state index contributed by atoms with van der Waals surface area (Å²) in [5, 5.41) is 6.72. The Morgan fingerprint density at radius 3 is 2.31 bits per heavy atom. The Balaban J connectivity index is 2.55.